The van der Waals surface area contributed by atoms with Crippen LogP contribution in [0, 0.1) is 19.8 Å². The average molecular weight is 290 g/mol. The van der Waals surface area contributed by atoms with Gasteiger partial charge in [0.15, 0.2) is 0 Å². The lowest BCUT2D eigenvalue weighted by Crippen LogP contribution is -2.67. The van der Waals surface area contributed by atoms with E-state index >= 15 is 0 Å². The van der Waals surface area contributed by atoms with E-state index in [4.69, 9.17) is 5.73 Å². The van der Waals surface area contributed by atoms with Gasteiger partial charge in [-0.25, -0.2) is 0 Å². The molecule has 20 heavy (non-hydrogen) atoms. The fourth-order valence-corrected chi connectivity index (χ4v) is 4.51. The highest BCUT2D eigenvalue weighted by molar-refractivity contribution is 7.19. The predicted molar refractivity (Wildman–Crippen MR) is 79.5 cm³/mol. The second-order valence-electron chi connectivity index (χ2n) is 6.28. The number of aromatic nitrogens is 2. The van der Waals surface area contributed by atoms with Crippen molar-refractivity contribution in [3.05, 3.63) is 16.1 Å². The molecule has 3 aliphatic rings. The second-order valence-corrected chi connectivity index (χ2v) is 7.31. The van der Waals surface area contributed by atoms with Gasteiger partial charge in [0.05, 0.1) is 16.3 Å². The second kappa shape index (κ2) is 3.90. The van der Waals surface area contributed by atoms with Gasteiger partial charge in [-0.05, 0) is 44.6 Å². The maximum Gasteiger partial charge on any atom is 0.148 e. The van der Waals surface area contributed by atoms with E-state index in [-0.39, 0.29) is 5.54 Å². The summed E-state index contributed by atoms with van der Waals surface area (Å²) in [5, 5.41) is 23.1. The lowest BCUT2D eigenvalue weighted by molar-refractivity contribution is -0.0863. The van der Waals surface area contributed by atoms with Crippen molar-refractivity contribution in [1.29, 1.82) is 0 Å². The first-order chi connectivity index (χ1) is 9.49. The number of aliphatic hydroxyl groups is 1. The molecule has 3 fully saturated rings. The Labute approximate surface area is 121 Å². The van der Waals surface area contributed by atoms with Crippen molar-refractivity contribution in [2.45, 2.75) is 44.9 Å². The molecule has 4 N–H and O–H groups in total. The number of hydrogen-bond donors (Lipinski definition) is 3. The normalized spacial score (nSPS) is 29.1. The van der Waals surface area contributed by atoms with Gasteiger partial charge in [-0.2, -0.15) is 5.10 Å². The zero-order valence-electron chi connectivity index (χ0n) is 11.6. The Morgan fingerprint density at radius 2 is 2.05 bits per heavy atom. The van der Waals surface area contributed by atoms with Crippen molar-refractivity contribution in [3.8, 4) is 0 Å². The topological polar surface area (TPSA) is 84.1 Å². The number of nitrogens with one attached hydrogen (secondary N) is 1. The van der Waals surface area contributed by atoms with Crippen LogP contribution in [0.1, 0.15) is 41.6 Å². The van der Waals surface area contributed by atoms with Crippen LogP contribution in [-0.4, -0.2) is 20.8 Å². The summed E-state index contributed by atoms with van der Waals surface area (Å²) in [5.41, 5.74) is 8.99. The molecule has 2 aromatic heterocycles. The van der Waals surface area contributed by atoms with Crippen molar-refractivity contribution in [1.82, 2.24) is 15.5 Å². The quantitative estimate of drug-likeness (QED) is 0.753. The van der Waals surface area contributed by atoms with E-state index in [1.165, 1.54) is 30.6 Å². The van der Waals surface area contributed by atoms with Gasteiger partial charge in [0.1, 0.15) is 11.1 Å². The van der Waals surface area contributed by atoms with E-state index in [1.54, 1.807) is 0 Å². The highest BCUT2D eigenvalue weighted by Gasteiger charge is 2.57. The third-order valence-electron chi connectivity index (χ3n) is 4.89. The van der Waals surface area contributed by atoms with E-state index in [1.807, 2.05) is 13.8 Å². The smallest absolute Gasteiger partial charge is 0.148 e. The number of nitrogens with zero attached hydrogens (tertiary/aromatic N) is 2. The van der Waals surface area contributed by atoms with Crippen LogP contribution < -0.4 is 11.1 Å². The molecule has 5 nitrogen and oxygen atoms in total. The molecule has 5 rings (SSSR count). The van der Waals surface area contributed by atoms with Crippen LogP contribution in [0.2, 0.25) is 0 Å². The fraction of sp³-hybridized carbons (Fsp3) is 0.571. The first kappa shape index (κ1) is 12.5. The van der Waals surface area contributed by atoms with Crippen LogP contribution in [0.15, 0.2) is 0 Å². The summed E-state index contributed by atoms with van der Waals surface area (Å²) in [5.74, 6) is 0.880. The van der Waals surface area contributed by atoms with E-state index in [9.17, 15) is 5.11 Å². The van der Waals surface area contributed by atoms with Gasteiger partial charge in [0, 0.05) is 10.9 Å². The number of anilines is 1. The Hall–Kier alpha value is -1.24. The van der Waals surface area contributed by atoms with E-state index in [0.29, 0.717) is 5.69 Å². The van der Waals surface area contributed by atoms with Crippen molar-refractivity contribution in [2.75, 3.05) is 5.73 Å². The van der Waals surface area contributed by atoms with Crippen molar-refractivity contribution in [3.63, 3.8) is 0 Å². The largest absolute Gasteiger partial charge is 0.397 e. The summed E-state index contributed by atoms with van der Waals surface area (Å²) in [4.78, 5) is 1.58. The number of nitrogen functional groups attached to an aromatic ring is 1. The minimum atomic E-state index is -0.699. The summed E-state index contributed by atoms with van der Waals surface area (Å²) >= 11 is 1.44. The Balaban J connectivity index is 1.72. The molecule has 0 amide bonds. The lowest BCUT2D eigenvalue weighted by atomic mass is 9.50. The number of hydrogen-bond acceptors (Lipinski definition) is 6. The third kappa shape index (κ3) is 1.55. The number of nitrogens with two attached hydrogens (primary N) is 1. The summed E-state index contributed by atoms with van der Waals surface area (Å²) in [7, 11) is 0. The Kier molecular flexibility index (Phi) is 2.44. The van der Waals surface area contributed by atoms with Crippen LogP contribution in [0.25, 0.3) is 10.2 Å². The Bertz CT molecular complexity index is 694. The molecule has 2 bridgehead atoms. The molecule has 0 radical (unpaired) electrons. The monoisotopic (exact) mass is 290 g/mol. The Morgan fingerprint density at radius 1 is 1.35 bits per heavy atom. The number of rotatable bonds is 3. The fourth-order valence-electron chi connectivity index (χ4n) is 3.47. The van der Waals surface area contributed by atoms with E-state index < -0.39 is 6.23 Å². The van der Waals surface area contributed by atoms with Crippen LogP contribution in [0.3, 0.4) is 0 Å². The molecule has 106 valence electrons. The third-order valence-corrected chi connectivity index (χ3v) is 6.04. The minimum absolute atomic E-state index is 0.170. The Morgan fingerprint density at radius 3 is 2.65 bits per heavy atom. The minimum Gasteiger partial charge on any atom is -0.397 e. The van der Waals surface area contributed by atoms with Crippen LogP contribution in [0.5, 0.6) is 0 Å². The van der Waals surface area contributed by atoms with Crippen LogP contribution in [-0.2, 0) is 0 Å². The van der Waals surface area contributed by atoms with Gasteiger partial charge in [0.25, 0.3) is 0 Å². The molecule has 0 spiro atoms. The van der Waals surface area contributed by atoms with Gasteiger partial charge in [-0.15, -0.1) is 16.4 Å². The molecular weight excluding hydrogens is 272 g/mol. The van der Waals surface area contributed by atoms with E-state index in [0.717, 1.165) is 32.3 Å². The van der Waals surface area contributed by atoms with Gasteiger partial charge in [-0.3, -0.25) is 5.32 Å². The molecule has 0 aromatic carbocycles. The van der Waals surface area contributed by atoms with Crippen LogP contribution >= 0.6 is 11.3 Å². The molecule has 6 heteroatoms. The zero-order chi connectivity index (χ0) is 14.1. The SMILES string of the molecule is Cc1nnc2sc(C(O)NC34CC(C3)C4)c(N)c2c1C. The number of fused-ring (bicyclic) bond motifs is 1. The molecule has 2 heterocycles. The highest BCUT2D eigenvalue weighted by Crippen LogP contribution is 2.58. The molecule has 0 saturated heterocycles. The molecule has 0 aliphatic heterocycles. The van der Waals surface area contributed by atoms with Gasteiger partial charge < -0.3 is 10.8 Å². The first-order valence-corrected chi connectivity index (χ1v) is 7.78. The first-order valence-electron chi connectivity index (χ1n) is 6.97. The van der Waals surface area contributed by atoms with Crippen molar-refractivity contribution >= 4 is 27.2 Å². The van der Waals surface area contributed by atoms with Crippen LogP contribution in [0.4, 0.5) is 5.69 Å². The van der Waals surface area contributed by atoms with Gasteiger partial charge in [-0.1, -0.05) is 0 Å². The molecule has 2 aromatic rings. The zero-order valence-corrected chi connectivity index (χ0v) is 12.4. The van der Waals surface area contributed by atoms with Crippen molar-refractivity contribution in [2.24, 2.45) is 5.92 Å². The van der Waals surface area contributed by atoms with Crippen molar-refractivity contribution < 1.29 is 5.11 Å². The number of aliphatic hydroxyl groups excluding tert-OH is 1. The van der Waals surface area contributed by atoms with Gasteiger partial charge in [0.2, 0.25) is 0 Å². The average Bonchev–Trinajstić information content (AvgIpc) is 2.65. The molecule has 3 saturated carbocycles. The maximum atomic E-state index is 10.5. The summed E-state index contributed by atoms with van der Waals surface area (Å²) in [6, 6.07) is 0. The lowest BCUT2D eigenvalue weighted by Gasteiger charge is -2.62. The number of thiophene rings is 1. The molecule has 1 unspecified atom stereocenters. The number of aryl methyl sites for hydroxylation is 2. The van der Waals surface area contributed by atoms with Gasteiger partial charge >= 0.3 is 0 Å². The summed E-state index contributed by atoms with van der Waals surface area (Å²) in [6.45, 7) is 3.93. The summed E-state index contributed by atoms with van der Waals surface area (Å²) < 4.78 is 0. The standard InChI is InChI=1S/C14H18N4OS/c1-6-7(2)17-18-13-9(6)10(15)11(20-13)12(19)16-14-3-8(4-14)5-14/h8,12,16,19H,3-5,15H2,1-2H3. The molecular formula is C14H18N4OS. The highest BCUT2D eigenvalue weighted by atomic mass is 32.1. The van der Waals surface area contributed by atoms with E-state index in [2.05, 4.69) is 15.5 Å². The predicted octanol–water partition coefficient (Wildman–Crippen LogP) is 2.02. The molecule has 1 atom stereocenters. The maximum absolute atomic E-state index is 10.5. The summed E-state index contributed by atoms with van der Waals surface area (Å²) in [6.07, 6.45) is 2.86. The molecule has 3 aliphatic carbocycles.